The molecule has 4 nitrogen and oxygen atoms in total. The van der Waals surface area contributed by atoms with E-state index in [1.165, 1.54) is 0 Å². The topological polar surface area (TPSA) is 86.0 Å². The van der Waals surface area contributed by atoms with E-state index in [9.17, 15) is 0 Å². The van der Waals surface area contributed by atoms with E-state index in [0.717, 1.165) is 0 Å². The van der Waals surface area contributed by atoms with Crippen molar-refractivity contribution in [2.75, 3.05) is 0 Å². The van der Waals surface area contributed by atoms with Gasteiger partial charge in [0, 0.05) is 0 Å². The van der Waals surface area contributed by atoms with Gasteiger partial charge in [0.15, 0.2) is 0 Å². The summed E-state index contributed by atoms with van der Waals surface area (Å²) in [6.45, 7) is 0. The summed E-state index contributed by atoms with van der Waals surface area (Å²) >= 11 is 0. The first-order valence-corrected chi connectivity index (χ1v) is 0.651. The molecule has 0 atom stereocenters. The second kappa shape index (κ2) is 15.7. The Bertz CT molecular complexity index is 34.7. The van der Waals surface area contributed by atoms with Crippen molar-refractivity contribution in [3.05, 3.63) is 0 Å². The van der Waals surface area contributed by atoms with Gasteiger partial charge in [0.1, 0.15) is 0 Å². The fourth-order valence-corrected chi connectivity index (χ4v) is 0. The van der Waals surface area contributed by atoms with E-state index in [0.29, 0.717) is 0 Å². The molecule has 0 amide bonds. The molecule has 2 N–H and O–H groups in total. The standard InChI is InChI=1S/CH2O3.Ca.Mg.O/c2-1(3)4;;;/h(H2,2,3,4);;;/q;2*+2;-2. The smallest absolute Gasteiger partial charge is 2.00 e. The van der Waals surface area contributed by atoms with E-state index in [1.807, 2.05) is 0 Å². The number of rotatable bonds is 0. The van der Waals surface area contributed by atoms with Crippen LogP contribution in [0.5, 0.6) is 0 Å². The number of carbonyl (C=O) groups is 1. The Morgan fingerprint density at radius 1 is 1.29 bits per heavy atom. The number of hydrogen-bond donors (Lipinski definition) is 2. The molecule has 0 aliphatic carbocycles. The van der Waals surface area contributed by atoms with Gasteiger partial charge in [-0.15, -0.1) is 0 Å². The molecule has 0 fully saturated rings. The zero-order chi connectivity index (χ0) is 3.58. The average molecular weight is 142 g/mol. The normalized spacial score (nSPS) is 3.43. The summed E-state index contributed by atoms with van der Waals surface area (Å²) in [5.41, 5.74) is 0. The first-order chi connectivity index (χ1) is 1.73. The van der Waals surface area contributed by atoms with Crippen molar-refractivity contribution >= 4 is 66.9 Å². The maximum Gasteiger partial charge on any atom is 2.00 e. The minimum Gasteiger partial charge on any atom is -2.00 e. The minimum atomic E-state index is -1.83. The molecule has 7 heavy (non-hydrogen) atoms. The Hall–Kier alpha value is 1.26. The van der Waals surface area contributed by atoms with E-state index in [4.69, 9.17) is 15.0 Å². The van der Waals surface area contributed by atoms with Gasteiger partial charge in [-0.1, -0.05) is 0 Å². The molecule has 0 radical (unpaired) electrons. The van der Waals surface area contributed by atoms with E-state index in [-0.39, 0.29) is 66.3 Å². The molecule has 0 aliphatic rings. The zero-order valence-corrected chi connectivity index (χ0v) is 7.25. The first kappa shape index (κ1) is 24.0. The van der Waals surface area contributed by atoms with Crippen LogP contribution < -0.4 is 0 Å². The summed E-state index contributed by atoms with van der Waals surface area (Å²) < 4.78 is 0. The molecule has 0 saturated heterocycles. The predicted octanol–water partition coefficient (Wildman–Crippen LogP) is -0.658. The van der Waals surface area contributed by atoms with Gasteiger partial charge in [-0.2, -0.15) is 0 Å². The van der Waals surface area contributed by atoms with Crippen molar-refractivity contribution in [3.8, 4) is 0 Å². The van der Waals surface area contributed by atoms with Gasteiger partial charge in [-0.3, -0.25) is 0 Å². The van der Waals surface area contributed by atoms with Crippen LogP contribution in [0.15, 0.2) is 0 Å². The molecule has 0 bridgehead atoms. The molecule has 0 aromatic carbocycles. The summed E-state index contributed by atoms with van der Waals surface area (Å²) in [4.78, 5) is 8.56. The Balaban J connectivity index is -0.0000000150. The van der Waals surface area contributed by atoms with Crippen LogP contribution in [0.2, 0.25) is 0 Å². The molecule has 0 unspecified atom stereocenters. The monoisotopic (exact) mass is 142 g/mol. The Morgan fingerprint density at radius 2 is 1.29 bits per heavy atom. The molecular weight excluding hydrogens is 140 g/mol. The summed E-state index contributed by atoms with van der Waals surface area (Å²) in [6, 6.07) is 0. The van der Waals surface area contributed by atoms with Crippen LogP contribution in [0.1, 0.15) is 0 Å². The predicted molar refractivity (Wildman–Crippen MR) is 22.8 cm³/mol. The van der Waals surface area contributed by atoms with Crippen LogP contribution >= 0.6 is 0 Å². The largest absolute Gasteiger partial charge is 2.00 e. The number of carboxylic acid groups (broad SMARTS) is 2. The van der Waals surface area contributed by atoms with Crippen LogP contribution in [-0.4, -0.2) is 77.2 Å². The fourth-order valence-electron chi connectivity index (χ4n) is 0. The van der Waals surface area contributed by atoms with E-state index in [2.05, 4.69) is 0 Å². The third kappa shape index (κ3) is 127. The Labute approximate surface area is 86.4 Å². The third-order valence-corrected chi connectivity index (χ3v) is 0. The summed E-state index contributed by atoms with van der Waals surface area (Å²) in [6.07, 6.45) is -1.83. The van der Waals surface area contributed by atoms with Crippen molar-refractivity contribution < 1.29 is 20.5 Å². The molecule has 0 saturated carbocycles. The fraction of sp³-hybridized carbons (Fsp3) is 0. The average Bonchev–Trinajstić information content (AvgIpc) is 0.811. The van der Waals surface area contributed by atoms with Crippen molar-refractivity contribution in [2.24, 2.45) is 0 Å². The van der Waals surface area contributed by atoms with Gasteiger partial charge >= 0.3 is 66.9 Å². The van der Waals surface area contributed by atoms with Crippen LogP contribution in [-0.2, 0) is 5.48 Å². The van der Waals surface area contributed by atoms with Crippen molar-refractivity contribution in [1.82, 2.24) is 0 Å². The van der Waals surface area contributed by atoms with Crippen molar-refractivity contribution in [1.29, 1.82) is 0 Å². The zero-order valence-electron chi connectivity index (χ0n) is 3.63. The maximum absolute atomic E-state index is 8.56. The molecular formula is CH2CaMgO4+2. The minimum absolute atomic E-state index is 0. The van der Waals surface area contributed by atoms with E-state index in [1.54, 1.807) is 0 Å². The van der Waals surface area contributed by atoms with Gasteiger partial charge in [-0.05, 0) is 0 Å². The molecule has 0 spiro atoms. The van der Waals surface area contributed by atoms with Crippen LogP contribution in [0.25, 0.3) is 0 Å². The van der Waals surface area contributed by atoms with Crippen LogP contribution in [0.3, 0.4) is 0 Å². The van der Waals surface area contributed by atoms with Crippen LogP contribution in [0.4, 0.5) is 4.79 Å². The van der Waals surface area contributed by atoms with Crippen molar-refractivity contribution in [3.63, 3.8) is 0 Å². The second-order valence-electron chi connectivity index (χ2n) is 0.283. The van der Waals surface area contributed by atoms with Gasteiger partial charge in [-0.25, -0.2) is 4.79 Å². The summed E-state index contributed by atoms with van der Waals surface area (Å²) in [5, 5.41) is 13.9. The second-order valence-corrected chi connectivity index (χ2v) is 0.283. The quantitative estimate of drug-likeness (QED) is 0.440. The molecule has 6 heteroatoms. The molecule has 0 aromatic rings. The van der Waals surface area contributed by atoms with Gasteiger partial charge < -0.3 is 15.7 Å². The molecule has 0 rings (SSSR count). The molecule has 0 aliphatic heterocycles. The first-order valence-electron chi connectivity index (χ1n) is 0.651. The summed E-state index contributed by atoms with van der Waals surface area (Å²) in [7, 11) is 0. The van der Waals surface area contributed by atoms with Crippen molar-refractivity contribution in [2.45, 2.75) is 0 Å². The molecule has 0 aromatic heterocycles. The van der Waals surface area contributed by atoms with E-state index >= 15 is 0 Å². The molecule has 0 heterocycles. The van der Waals surface area contributed by atoms with Crippen LogP contribution in [0, 0.1) is 0 Å². The Morgan fingerprint density at radius 3 is 1.29 bits per heavy atom. The van der Waals surface area contributed by atoms with Gasteiger partial charge in [0.05, 0.1) is 0 Å². The number of hydrogen-bond acceptors (Lipinski definition) is 1. The SMILES string of the molecule is O=C(O)O.[Ca+2].[Mg+2].[O-2]. The van der Waals surface area contributed by atoms with Gasteiger partial charge in [0.25, 0.3) is 0 Å². The maximum atomic E-state index is 8.56. The Kier molecular flexibility index (Phi) is 53.7. The molecule has 32 valence electrons. The van der Waals surface area contributed by atoms with Gasteiger partial charge in [0.2, 0.25) is 0 Å². The van der Waals surface area contributed by atoms with E-state index < -0.39 is 6.16 Å². The third-order valence-electron chi connectivity index (χ3n) is 0. The summed E-state index contributed by atoms with van der Waals surface area (Å²) in [5.74, 6) is 0.